The van der Waals surface area contributed by atoms with E-state index < -0.39 is 5.79 Å². The summed E-state index contributed by atoms with van der Waals surface area (Å²) in [4.78, 5) is 11.5. The minimum absolute atomic E-state index is 0.121. The smallest absolute Gasteiger partial charge is 0.306 e. The van der Waals surface area contributed by atoms with Gasteiger partial charge in [0.05, 0.1) is 0 Å². The summed E-state index contributed by atoms with van der Waals surface area (Å²) in [5.41, 5.74) is 1.13. The number of carbonyl (C=O) groups excluding carboxylic acids is 1. The molecule has 1 aromatic carbocycles. The molecule has 1 aliphatic heterocycles. The Balaban J connectivity index is 1.80. The Kier molecular flexibility index (Phi) is 4.89. The van der Waals surface area contributed by atoms with Crippen LogP contribution in [0.5, 0.6) is 0 Å². The van der Waals surface area contributed by atoms with E-state index in [1.54, 1.807) is 0 Å². The van der Waals surface area contributed by atoms with Crippen LogP contribution in [-0.4, -0.2) is 18.4 Å². The second-order valence-corrected chi connectivity index (χ2v) is 5.86. The Morgan fingerprint density at radius 2 is 2.00 bits per heavy atom. The lowest BCUT2D eigenvalue weighted by Gasteiger charge is -2.24. The Hall–Kier alpha value is -1.97. The van der Waals surface area contributed by atoms with Crippen molar-refractivity contribution in [2.24, 2.45) is 5.92 Å². The van der Waals surface area contributed by atoms with Crippen LogP contribution in [-0.2, 0) is 25.4 Å². The Bertz CT molecular complexity index is 507. The van der Waals surface area contributed by atoms with E-state index >= 15 is 0 Å². The zero-order valence-electron chi connectivity index (χ0n) is 12.8. The van der Waals surface area contributed by atoms with Crippen LogP contribution in [0.3, 0.4) is 0 Å². The van der Waals surface area contributed by atoms with Crippen molar-refractivity contribution in [3.63, 3.8) is 0 Å². The van der Waals surface area contributed by atoms with Crippen molar-refractivity contribution in [1.29, 1.82) is 0 Å². The van der Waals surface area contributed by atoms with Gasteiger partial charge in [0.15, 0.2) is 12.4 Å². The van der Waals surface area contributed by atoms with Gasteiger partial charge in [-0.3, -0.25) is 4.79 Å². The highest BCUT2D eigenvalue weighted by atomic mass is 16.7. The Morgan fingerprint density at radius 3 is 2.67 bits per heavy atom. The molecule has 0 aromatic heterocycles. The summed E-state index contributed by atoms with van der Waals surface area (Å²) in [5.74, 6) is -0.117. The summed E-state index contributed by atoms with van der Waals surface area (Å²) in [7, 11) is 0. The first-order valence-corrected chi connectivity index (χ1v) is 7.22. The molecular formula is C17H22O4. The van der Waals surface area contributed by atoms with Crippen molar-refractivity contribution in [2.75, 3.05) is 6.61 Å². The molecule has 0 N–H and O–H groups in total. The summed E-state index contributed by atoms with van der Waals surface area (Å²) in [6.45, 7) is 5.95. The topological polar surface area (TPSA) is 44.8 Å². The van der Waals surface area contributed by atoms with Gasteiger partial charge in [-0.25, -0.2) is 0 Å². The molecule has 0 bridgehead atoms. The fourth-order valence-corrected chi connectivity index (χ4v) is 2.17. The minimum atomic E-state index is -0.735. The van der Waals surface area contributed by atoms with Crippen LogP contribution in [0.2, 0.25) is 0 Å². The summed E-state index contributed by atoms with van der Waals surface area (Å²) in [6.07, 6.45) is 2.58. The molecule has 114 valence electrons. The third-order valence-electron chi connectivity index (χ3n) is 3.11. The fraction of sp³-hybridized carbons (Fsp3) is 0.471. The van der Waals surface area contributed by atoms with Crippen LogP contribution >= 0.6 is 0 Å². The molecule has 2 rings (SSSR count). The lowest BCUT2D eigenvalue weighted by molar-refractivity contribution is -0.151. The lowest BCUT2D eigenvalue weighted by atomic mass is 10.1. The molecule has 0 saturated heterocycles. The predicted octanol–water partition coefficient (Wildman–Crippen LogP) is 3.42. The number of esters is 1. The van der Waals surface area contributed by atoms with Crippen LogP contribution in [0.1, 0.15) is 32.8 Å². The Labute approximate surface area is 125 Å². The van der Waals surface area contributed by atoms with Gasteiger partial charge in [-0.15, -0.1) is 0 Å². The molecule has 1 aromatic rings. The molecule has 4 heteroatoms. The quantitative estimate of drug-likeness (QED) is 0.753. The third-order valence-corrected chi connectivity index (χ3v) is 3.11. The summed E-state index contributed by atoms with van der Waals surface area (Å²) in [6, 6.07) is 9.99. The zero-order chi connectivity index (χ0) is 15.3. The van der Waals surface area contributed by atoms with Gasteiger partial charge in [0, 0.05) is 19.8 Å². The second kappa shape index (κ2) is 6.66. The van der Waals surface area contributed by atoms with Crippen LogP contribution in [0.25, 0.3) is 0 Å². The SMILES string of the molecule is CC(C)CC(=O)OCC1=COC(C)(Cc2ccccc2)O1. The standard InChI is InChI=1S/C17H22O4/c1-13(2)9-16(18)19-11-15-12-20-17(3,21-15)10-14-7-5-4-6-8-14/h4-8,12-13H,9-11H2,1-3H3. The second-order valence-electron chi connectivity index (χ2n) is 5.86. The molecule has 4 nitrogen and oxygen atoms in total. The molecular weight excluding hydrogens is 268 g/mol. The van der Waals surface area contributed by atoms with Crippen LogP contribution < -0.4 is 0 Å². The van der Waals surface area contributed by atoms with Crippen LogP contribution in [0, 0.1) is 5.92 Å². The maximum absolute atomic E-state index is 11.5. The zero-order valence-corrected chi connectivity index (χ0v) is 12.8. The van der Waals surface area contributed by atoms with Crippen molar-refractivity contribution >= 4 is 5.97 Å². The fourth-order valence-electron chi connectivity index (χ4n) is 2.17. The first-order chi connectivity index (χ1) is 9.97. The van der Waals surface area contributed by atoms with Gasteiger partial charge < -0.3 is 14.2 Å². The van der Waals surface area contributed by atoms with Gasteiger partial charge in [0.2, 0.25) is 0 Å². The van der Waals surface area contributed by atoms with Crippen molar-refractivity contribution in [1.82, 2.24) is 0 Å². The number of benzene rings is 1. The van der Waals surface area contributed by atoms with Gasteiger partial charge >= 0.3 is 5.97 Å². The third kappa shape index (κ3) is 4.81. The van der Waals surface area contributed by atoms with Crippen molar-refractivity contribution in [3.05, 3.63) is 47.9 Å². The molecule has 1 aliphatic rings. The van der Waals surface area contributed by atoms with Crippen molar-refractivity contribution in [2.45, 2.75) is 39.4 Å². The molecule has 0 radical (unpaired) electrons. The Morgan fingerprint density at radius 1 is 1.29 bits per heavy atom. The monoisotopic (exact) mass is 290 g/mol. The maximum Gasteiger partial charge on any atom is 0.306 e. The average molecular weight is 290 g/mol. The van der Waals surface area contributed by atoms with E-state index in [9.17, 15) is 4.79 Å². The highest BCUT2D eigenvalue weighted by Gasteiger charge is 2.34. The van der Waals surface area contributed by atoms with Gasteiger partial charge in [-0.05, 0) is 11.5 Å². The largest absolute Gasteiger partial charge is 0.457 e. The maximum atomic E-state index is 11.5. The van der Waals surface area contributed by atoms with Crippen molar-refractivity contribution < 1.29 is 19.0 Å². The van der Waals surface area contributed by atoms with Crippen molar-refractivity contribution in [3.8, 4) is 0 Å². The number of hydrogen-bond donors (Lipinski definition) is 0. The van der Waals surface area contributed by atoms with E-state index in [1.165, 1.54) is 6.26 Å². The number of rotatable bonds is 6. The van der Waals surface area contributed by atoms with Gasteiger partial charge in [0.25, 0.3) is 5.79 Å². The van der Waals surface area contributed by atoms with Crippen LogP contribution in [0.4, 0.5) is 0 Å². The molecule has 0 amide bonds. The number of hydrogen-bond acceptors (Lipinski definition) is 4. The van der Waals surface area contributed by atoms with Gasteiger partial charge in [0.1, 0.15) is 6.26 Å². The van der Waals surface area contributed by atoms with E-state index in [4.69, 9.17) is 14.2 Å². The van der Waals surface area contributed by atoms with Crippen LogP contribution in [0.15, 0.2) is 42.4 Å². The molecule has 1 unspecified atom stereocenters. The van der Waals surface area contributed by atoms with Gasteiger partial charge in [-0.2, -0.15) is 0 Å². The highest BCUT2D eigenvalue weighted by molar-refractivity contribution is 5.69. The van der Waals surface area contributed by atoms with Gasteiger partial charge in [-0.1, -0.05) is 44.2 Å². The molecule has 0 saturated carbocycles. The van der Waals surface area contributed by atoms with E-state index in [1.807, 2.05) is 51.1 Å². The summed E-state index contributed by atoms with van der Waals surface area (Å²) >= 11 is 0. The molecule has 0 fully saturated rings. The molecule has 0 spiro atoms. The van der Waals surface area contributed by atoms with E-state index in [-0.39, 0.29) is 18.5 Å². The van der Waals surface area contributed by atoms with E-state index in [2.05, 4.69) is 0 Å². The number of carbonyl (C=O) groups is 1. The summed E-state index contributed by atoms with van der Waals surface area (Å²) < 4.78 is 16.5. The molecule has 1 heterocycles. The first kappa shape index (κ1) is 15.4. The molecule has 0 aliphatic carbocycles. The minimum Gasteiger partial charge on any atom is -0.457 e. The average Bonchev–Trinajstić information content (AvgIpc) is 2.78. The van der Waals surface area contributed by atoms with E-state index in [0.29, 0.717) is 18.6 Å². The first-order valence-electron chi connectivity index (χ1n) is 7.22. The predicted molar refractivity (Wildman–Crippen MR) is 79.2 cm³/mol. The lowest BCUT2D eigenvalue weighted by Crippen LogP contribution is -2.29. The molecule has 21 heavy (non-hydrogen) atoms. The summed E-state index contributed by atoms with van der Waals surface area (Å²) in [5, 5.41) is 0. The normalized spacial score (nSPS) is 20.7. The van der Waals surface area contributed by atoms with E-state index in [0.717, 1.165) is 5.56 Å². The highest BCUT2D eigenvalue weighted by Crippen LogP contribution is 2.28. The number of ether oxygens (including phenoxy) is 3. The molecule has 1 atom stereocenters.